The van der Waals surface area contributed by atoms with E-state index in [-0.39, 0.29) is 12.6 Å². The minimum absolute atomic E-state index is 0.140. The lowest BCUT2D eigenvalue weighted by atomic mass is 10.2. The molecule has 0 unspecified atom stereocenters. The van der Waals surface area contributed by atoms with Crippen molar-refractivity contribution in [2.45, 2.75) is 17.7 Å². The van der Waals surface area contributed by atoms with Gasteiger partial charge in [-0.3, -0.25) is 0 Å². The Hall–Kier alpha value is -1.55. The van der Waals surface area contributed by atoms with E-state index in [4.69, 9.17) is 16.3 Å². The molecule has 2 rings (SSSR count). The molecule has 0 N–H and O–H groups in total. The maximum atomic E-state index is 12.0. The van der Waals surface area contributed by atoms with Crippen molar-refractivity contribution in [1.29, 1.82) is 0 Å². The van der Waals surface area contributed by atoms with Crippen molar-refractivity contribution in [1.82, 2.24) is 9.80 Å². The summed E-state index contributed by atoms with van der Waals surface area (Å²) in [5.41, 5.74) is 0.444. The Morgan fingerprint density at radius 3 is 2.30 bits per heavy atom. The van der Waals surface area contributed by atoms with Gasteiger partial charge in [-0.05, 0) is 31.0 Å². The van der Waals surface area contributed by atoms with E-state index < -0.39 is 5.09 Å². The summed E-state index contributed by atoms with van der Waals surface area (Å²) in [7, 11) is 0. The quantitative estimate of drug-likeness (QED) is 0.206. The Balaban J connectivity index is 1.56. The third-order valence-electron chi connectivity index (χ3n) is 4.31. The zero-order chi connectivity index (χ0) is 19.6. The largest absolute Gasteiger partial charge is 0.462 e. The van der Waals surface area contributed by atoms with Gasteiger partial charge in [0.1, 0.15) is 0 Å². The van der Waals surface area contributed by atoms with Crippen LogP contribution in [0.3, 0.4) is 0 Å². The number of carbonyl (C=O) groups is 1. The predicted octanol–water partition coefficient (Wildman–Crippen LogP) is 2.39. The Morgan fingerprint density at radius 2 is 1.74 bits per heavy atom. The molecule has 10 heteroatoms. The molecule has 0 aromatic heterocycles. The second kappa shape index (κ2) is 11.3. The Labute approximate surface area is 168 Å². The molecule has 1 saturated heterocycles. The van der Waals surface area contributed by atoms with E-state index in [2.05, 4.69) is 27.3 Å². The molecule has 1 aromatic rings. The van der Waals surface area contributed by atoms with Gasteiger partial charge in [-0.1, -0.05) is 11.6 Å². The van der Waals surface area contributed by atoms with Crippen LogP contribution in [0.4, 0.5) is 0 Å². The third kappa shape index (κ3) is 7.92. The fourth-order valence-electron chi connectivity index (χ4n) is 2.84. The van der Waals surface area contributed by atoms with Gasteiger partial charge in [0.05, 0.1) is 23.8 Å². The van der Waals surface area contributed by atoms with Crippen molar-refractivity contribution >= 4 is 30.2 Å². The molecule has 150 valence electrons. The van der Waals surface area contributed by atoms with Crippen LogP contribution in [0.15, 0.2) is 23.1 Å². The first-order valence-corrected chi connectivity index (χ1v) is 9.66. The van der Waals surface area contributed by atoms with Crippen molar-refractivity contribution in [3.8, 4) is 0 Å². The van der Waals surface area contributed by atoms with Gasteiger partial charge in [0.15, 0.2) is 0 Å². The minimum Gasteiger partial charge on any atom is -0.462 e. The molecule has 0 atom stereocenters. The molecule has 0 saturated carbocycles. The van der Waals surface area contributed by atoms with Crippen molar-refractivity contribution in [2.24, 2.45) is 0 Å². The summed E-state index contributed by atoms with van der Waals surface area (Å²) >= 11 is 10.1. The summed E-state index contributed by atoms with van der Waals surface area (Å²) in [5.74, 6) is -0.372. The second-order valence-electron chi connectivity index (χ2n) is 6.25. The van der Waals surface area contributed by atoms with Crippen molar-refractivity contribution in [2.75, 3.05) is 52.5 Å². The predicted molar refractivity (Wildman–Crippen MR) is 104 cm³/mol. The lowest BCUT2D eigenvalue weighted by molar-refractivity contribution is -0.757. The number of ether oxygens (including phenoxy) is 1. The lowest BCUT2D eigenvalue weighted by Gasteiger charge is -2.34. The number of benzene rings is 1. The summed E-state index contributed by atoms with van der Waals surface area (Å²) in [5, 5.41) is 9.84. The minimum atomic E-state index is -0.755. The molecule has 0 radical (unpaired) electrons. The monoisotopic (exact) mass is 417 g/mol. The first-order chi connectivity index (χ1) is 13.0. The highest BCUT2D eigenvalue weighted by Crippen LogP contribution is 2.21. The van der Waals surface area contributed by atoms with Crippen molar-refractivity contribution in [3.05, 3.63) is 38.9 Å². The molecule has 1 aliphatic heterocycles. The zero-order valence-corrected chi connectivity index (χ0v) is 16.7. The highest BCUT2D eigenvalue weighted by atomic mass is 35.5. The summed E-state index contributed by atoms with van der Waals surface area (Å²) in [6.45, 7) is 5.89. The van der Waals surface area contributed by atoms with Gasteiger partial charge in [0.2, 0.25) is 0 Å². The van der Waals surface area contributed by atoms with E-state index in [0.29, 0.717) is 28.5 Å². The maximum Gasteiger partial charge on any atom is 0.338 e. The van der Waals surface area contributed by atoms with E-state index in [1.165, 1.54) is 0 Å². The summed E-state index contributed by atoms with van der Waals surface area (Å²) < 4.78 is 5.30. The van der Waals surface area contributed by atoms with E-state index in [1.807, 2.05) is 0 Å². The highest BCUT2D eigenvalue weighted by Gasteiger charge is 2.16. The van der Waals surface area contributed by atoms with Crippen LogP contribution in [0.5, 0.6) is 0 Å². The number of halogens is 1. The fraction of sp³-hybridized carbons (Fsp3) is 0.588. The Kier molecular flexibility index (Phi) is 9.12. The number of piperazine rings is 1. The molecular formula is C17H24ClN3O5S. The molecule has 8 nitrogen and oxygen atoms in total. The number of thiol groups is 1. The first kappa shape index (κ1) is 21.7. The van der Waals surface area contributed by atoms with E-state index in [9.17, 15) is 14.9 Å². The SMILES string of the molecule is O=C(OCCCN1CCN(CCCO[N+](=O)[O-])CC1)c1ccc(Cl)c(S)c1. The average Bonchev–Trinajstić information content (AvgIpc) is 2.65. The smallest absolute Gasteiger partial charge is 0.338 e. The van der Waals surface area contributed by atoms with E-state index in [0.717, 1.165) is 45.7 Å². The standard InChI is InChI=1S/C17H24ClN3O5S/c18-15-4-3-14(13-16(15)27)17(22)25-11-1-5-19-7-9-20(10-8-19)6-2-12-26-21(23)24/h3-4,13,27H,1-2,5-12H2. The van der Waals surface area contributed by atoms with Crippen molar-refractivity contribution < 1.29 is 19.5 Å². The molecule has 0 aliphatic carbocycles. The van der Waals surface area contributed by atoms with Gasteiger partial charge in [0.25, 0.3) is 5.09 Å². The van der Waals surface area contributed by atoms with Crippen LogP contribution in [-0.4, -0.2) is 73.3 Å². The van der Waals surface area contributed by atoms with Gasteiger partial charge in [0, 0.05) is 44.2 Å². The summed E-state index contributed by atoms with van der Waals surface area (Å²) in [6, 6.07) is 4.85. The second-order valence-corrected chi connectivity index (χ2v) is 7.14. The average molecular weight is 418 g/mol. The number of hydrogen-bond donors (Lipinski definition) is 1. The van der Waals surface area contributed by atoms with E-state index in [1.54, 1.807) is 18.2 Å². The zero-order valence-electron chi connectivity index (χ0n) is 15.0. The van der Waals surface area contributed by atoms with Crippen LogP contribution >= 0.6 is 24.2 Å². The van der Waals surface area contributed by atoms with Crippen molar-refractivity contribution in [3.63, 3.8) is 0 Å². The van der Waals surface area contributed by atoms with E-state index >= 15 is 0 Å². The van der Waals surface area contributed by atoms with Crippen LogP contribution < -0.4 is 0 Å². The van der Waals surface area contributed by atoms with Crippen LogP contribution in [0, 0.1) is 10.1 Å². The van der Waals surface area contributed by atoms with Gasteiger partial charge >= 0.3 is 5.97 Å². The van der Waals surface area contributed by atoms with Crippen LogP contribution in [0.25, 0.3) is 0 Å². The van der Waals surface area contributed by atoms with Gasteiger partial charge in [-0.15, -0.1) is 22.7 Å². The maximum absolute atomic E-state index is 12.0. The number of rotatable bonds is 10. The molecule has 1 aromatic carbocycles. The topological polar surface area (TPSA) is 85.2 Å². The van der Waals surface area contributed by atoms with Crippen LogP contribution in [-0.2, 0) is 9.57 Å². The fourth-order valence-corrected chi connectivity index (χ4v) is 3.17. The summed E-state index contributed by atoms with van der Waals surface area (Å²) in [4.78, 5) is 31.6. The van der Waals surface area contributed by atoms with Gasteiger partial charge in [-0.25, -0.2) is 4.79 Å². The number of carbonyl (C=O) groups excluding carboxylic acids is 1. The first-order valence-electron chi connectivity index (χ1n) is 8.83. The highest BCUT2D eigenvalue weighted by molar-refractivity contribution is 7.80. The summed E-state index contributed by atoms with van der Waals surface area (Å²) in [6.07, 6.45) is 1.42. The molecular weight excluding hydrogens is 394 g/mol. The number of hydrogen-bond acceptors (Lipinski definition) is 8. The Bertz CT molecular complexity index is 641. The van der Waals surface area contributed by atoms with Crippen LogP contribution in [0.1, 0.15) is 23.2 Å². The molecule has 0 spiro atoms. The number of esters is 1. The van der Waals surface area contributed by atoms with Crippen LogP contribution in [0.2, 0.25) is 5.02 Å². The molecule has 27 heavy (non-hydrogen) atoms. The van der Waals surface area contributed by atoms with Gasteiger partial charge in [-0.2, -0.15) is 0 Å². The third-order valence-corrected chi connectivity index (χ3v) is 5.15. The number of nitrogens with zero attached hydrogens (tertiary/aromatic N) is 3. The molecule has 1 aliphatic rings. The molecule has 1 heterocycles. The lowest BCUT2D eigenvalue weighted by Crippen LogP contribution is -2.47. The molecule has 0 bridgehead atoms. The normalized spacial score (nSPS) is 15.5. The Morgan fingerprint density at radius 1 is 1.15 bits per heavy atom. The molecule has 1 fully saturated rings. The molecule has 0 amide bonds. The van der Waals surface area contributed by atoms with Gasteiger partial charge < -0.3 is 19.4 Å².